The van der Waals surface area contributed by atoms with Crippen LogP contribution in [0.1, 0.15) is 87.7 Å². The molecule has 0 spiro atoms. The lowest BCUT2D eigenvalue weighted by Crippen LogP contribution is -2.32. The Labute approximate surface area is 180 Å². The number of pyridine rings is 1. The van der Waals surface area contributed by atoms with E-state index >= 15 is 0 Å². The van der Waals surface area contributed by atoms with Crippen LogP contribution in [-0.4, -0.2) is 21.5 Å². The molecule has 1 aliphatic carbocycles. The molecule has 0 amide bonds. The number of hydrogen-bond donors (Lipinski definition) is 0. The van der Waals surface area contributed by atoms with E-state index in [1.165, 1.54) is 24.0 Å². The van der Waals surface area contributed by atoms with E-state index in [0.29, 0.717) is 23.5 Å². The van der Waals surface area contributed by atoms with E-state index in [9.17, 15) is 4.79 Å². The number of rotatable bonds is 5. The van der Waals surface area contributed by atoms with Crippen molar-refractivity contribution in [3.05, 3.63) is 65.5 Å². The number of carbonyl (C=O) groups excluding carboxylic acids is 1. The molecule has 0 bridgehead atoms. The Morgan fingerprint density at radius 3 is 2.43 bits per heavy atom. The van der Waals surface area contributed by atoms with E-state index in [-0.39, 0.29) is 5.78 Å². The highest BCUT2D eigenvalue weighted by Crippen LogP contribution is 2.35. The molecule has 0 N–H and O–H groups in total. The Kier molecular flexibility index (Phi) is 6.96. The van der Waals surface area contributed by atoms with Gasteiger partial charge in [-0.2, -0.15) is 5.10 Å². The zero-order valence-corrected chi connectivity index (χ0v) is 19.1. The molecule has 4 heteroatoms. The van der Waals surface area contributed by atoms with Gasteiger partial charge in [-0.15, -0.1) is 0 Å². The summed E-state index contributed by atoms with van der Waals surface area (Å²) in [4.78, 5) is 11.1. The molecule has 4 nitrogen and oxygen atoms in total. The predicted octanol–water partition coefficient (Wildman–Crippen LogP) is 6.65. The first-order valence-electron chi connectivity index (χ1n) is 11.0. The fourth-order valence-electron chi connectivity index (χ4n) is 3.79. The van der Waals surface area contributed by atoms with E-state index in [2.05, 4.69) is 57.9 Å². The Morgan fingerprint density at radius 2 is 1.83 bits per heavy atom. The molecule has 0 unspecified atom stereocenters. The Balaban J connectivity index is 0.000000184. The Hall–Kier alpha value is -2.62. The van der Waals surface area contributed by atoms with Crippen molar-refractivity contribution in [1.29, 1.82) is 0 Å². The molecule has 0 saturated heterocycles. The van der Waals surface area contributed by atoms with Crippen molar-refractivity contribution in [1.82, 2.24) is 9.61 Å². The van der Waals surface area contributed by atoms with Crippen LogP contribution in [0.4, 0.5) is 0 Å². The minimum Gasteiger partial charge on any atom is -0.490 e. The first-order valence-corrected chi connectivity index (χ1v) is 11.0. The Morgan fingerprint density at radius 1 is 1.10 bits per heavy atom. The number of nitrogens with zero attached hydrogens (tertiary/aromatic N) is 2. The number of carbonyl (C=O) groups is 1. The van der Waals surface area contributed by atoms with E-state index < -0.39 is 0 Å². The summed E-state index contributed by atoms with van der Waals surface area (Å²) in [5.41, 5.74) is 4.31. The molecular formula is C26H34N2O2. The number of aromatic nitrogens is 2. The summed E-state index contributed by atoms with van der Waals surface area (Å²) < 4.78 is 7.84. The van der Waals surface area contributed by atoms with Crippen LogP contribution in [0.3, 0.4) is 0 Å². The van der Waals surface area contributed by atoms with Crippen LogP contribution in [0, 0.1) is 5.92 Å². The first-order chi connectivity index (χ1) is 14.3. The molecule has 1 aliphatic rings. The van der Waals surface area contributed by atoms with Gasteiger partial charge < -0.3 is 4.74 Å². The normalized spacial score (nSPS) is 18.1. The van der Waals surface area contributed by atoms with Crippen LogP contribution in [0.2, 0.25) is 0 Å². The van der Waals surface area contributed by atoms with Crippen molar-refractivity contribution in [2.45, 2.75) is 72.3 Å². The third kappa shape index (κ3) is 5.10. The number of ketones is 1. The van der Waals surface area contributed by atoms with Crippen molar-refractivity contribution >= 4 is 11.3 Å². The first kappa shape index (κ1) is 22.1. The smallest absolute Gasteiger partial charge is 0.163 e. The second-order valence-electron chi connectivity index (χ2n) is 9.07. The molecule has 2 heterocycles. The van der Waals surface area contributed by atoms with Crippen molar-refractivity contribution in [2.75, 3.05) is 0 Å². The lowest BCUT2D eigenvalue weighted by atomic mass is 9.84. The maximum Gasteiger partial charge on any atom is 0.163 e. The number of Topliss-reactive ketones (excluding diaryl/α,β-unsaturated/α-hetero) is 1. The monoisotopic (exact) mass is 406 g/mol. The van der Waals surface area contributed by atoms with Gasteiger partial charge in [-0.3, -0.25) is 4.79 Å². The largest absolute Gasteiger partial charge is 0.490 e. The van der Waals surface area contributed by atoms with Gasteiger partial charge in [0.15, 0.2) is 5.78 Å². The lowest BCUT2D eigenvalue weighted by Gasteiger charge is -2.34. The van der Waals surface area contributed by atoms with Gasteiger partial charge in [0.1, 0.15) is 5.75 Å². The maximum atomic E-state index is 11.1. The minimum atomic E-state index is 0.0520. The summed E-state index contributed by atoms with van der Waals surface area (Å²) in [5.74, 6) is 3.10. The van der Waals surface area contributed by atoms with Crippen LogP contribution < -0.4 is 4.74 Å². The number of ether oxygens (including phenoxy) is 1. The highest BCUT2D eigenvalue weighted by atomic mass is 16.5. The molecular weight excluding hydrogens is 372 g/mol. The third-order valence-corrected chi connectivity index (χ3v) is 5.75. The van der Waals surface area contributed by atoms with E-state index in [1.807, 2.05) is 24.4 Å². The van der Waals surface area contributed by atoms with E-state index in [4.69, 9.17) is 4.74 Å². The second-order valence-corrected chi connectivity index (χ2v) is 9.07. The fraction of sp³-hybridized carbons (Fsp3) is 0.462. The van der Waals surface area contributed by atoms with Crippen LogP contribution in [0.15, 0.2) is 48.8 Å². The van der Waals surface area contributed by atoms with Crippen molar-refractivity contribution in [2.24, 2.45) is 5.92 Å². The lowest BCUT2D eigenvalue weighted by molar-refractivity contribution is 0.0727. The maximum absolute atomic E-state index is 11.1. The molecule has 0 atom stereocenters. The number of benzene rings is 1. The van der Waals surface area contributed by atoms with Gasteiger partial charge >= 0.3 is 0 Å². The van der Waals surface area contributed by atoms with Crippen LogP contribution >= 0.6 is 0 Å². The summed E-state index contributed by atoms with van der Waals surface area (Å²) in [6, 6.07) is 12.4. The molecule has 1 fully saturated rings. The standard InChI is InChI=1S/C17H26O.C9H8N2O/c1-11(2)14-6-7-17(16(10-14)12(3)4)18-15-8-13(5)9-15;1-7(12)8-6-10-11-5-3-2-4-9(8)11/h6-7,10-13,15H,8-9H2,1-5H3;2-6H,1H3. The summed E-state index contributed by atoms with van der Waals surface area (Å²) in [5, 5.41) is 4.04. The molecule has 1 aromatic carbocycles. The number of fused-ring (bicyclic) bond motifs is 1. The predicted molar refractivity (Wildman–Crippen MR) is 123 cm³/mol. The summed E-state index contributed by atoms with van der Waals surface area (Å²) in [7, 11) is 0. The SMILES string of the molecule is CC(=O)c1cnn2ccccc12.CC1CC(Oc2ccc(C(C)C)cc2C(C)C)C1. The minimum absolute atomic E-state index is 0.0520. The second kappa shape index (κ2) is 9.46. The zero-order chi connectivity index (χ0) is 21.8. The molecule has 2 aromatic heterocycles. The van der Waals surface area contributed by atoms with E-state index in [0.717, 1.165) is 17.2 Å². The van der Waals surface area contributed by atoms with Crippen molar-refractivity contribution in [3.63, 3.8) is 0 Å². The molecule has 4 rings (SSSR count). The molecule has 0 aliphatic heterocycles. The zero-order valence-electron chi connectivity index (χ0n) is 19.1. The molecule has 3 aromatic rings. The van der Waals surface area contributed by atoms with Crippen LogP contribution in [-0.2, 0) is 0 Å². The van der Waals surface area contributed by atoms with Crippen LogP contribution in [0.25, 0.3) is 5.52 Å². The van der Waals surface area contributed by atoms with Crippen molar-refractivity contribution in [3.8, 4) is 5.75 Å². The molecule has 160 valence electrons. The topological polar surface area (TPSA) is 43.6 Å². The molecule has 1 saturated carbocycles. The van der Waals surface area contributed by atoms with Gasteiger partial charge in [-0.25, -0.2) is 4.52 Å². The Bertz CT molecular complexity index is 997. The van der Waals surface area contributed by atoms with Gasteiger partial charge in [-0.1, -0.05) is 52.8 Å². The summed E-state index contributed by atoms with van der Waals surface area (Å²) in [6.45, 7) is 12.8. The van der Waals surface area contributed by atoms with Gasteiger partial charge in [0.25, 0.3) is 0 Å². The van der Waals surface area contributed by atoms with Gasteiger partial charge in [0.2, 0.25) is 0 Å². The van der Waals surface area contributed by atoms with Crippen molar-refractivity contribution < 1.29 is 9.53 Å². The van der Waals surface area contributed by atoms with Gasteiger partial charge in [0, 0.05) is 6.20 Å². The van der Waals surface area contributed by atoms with E-state index in [1.54, 1.807) is 17.6 Å². The quantitative estimate of drug-likeness (QED) is 0.446. The number of hydrogen-bond acceptors (Lipinski definition) is 3. The summed E-state index contributed by atoms with van der Waals surface area (Å²) in [6.07, 6.45) is 6.29. The average molecular weight is 407 g/mol. The summed E-state index contributed by atoms with van der Waals surface area (Å²) >= 11 is 0. The fourth-order valence-corrected chi connectivity index (χ4v) is 3.79. The average Bonchev–Trinajstić information content (AvgIpc) is 3.11. The third-order valence-electron chi connectivity index (χ3n) is 5.75. The molecule has 30 heavy (non-hydrogen) atoms. The highest BCUT2D eigenvalue weighted by molar-refractivity contribution is 6.00. The van der Waals surface area contributed by atoms with Crippen LogP contribution in [0.5, 0.6) is 5.75 Å². The van der Waals surface area contributed by atoms with Gasteiger partial charge in [-0.05, 0) is 66.8 Å². The highest BCUT2D eigenvalue weighted by Gasteiger charge is 2.27. The van der Waals surface area contributed by atoms with Gasteiger partial charge in [0.05, 0.1) is 23.4 Å². The molecule has 0 radical (unpaired) electrons.